The molecule has 7 heteroatoms. The number of benzene rings is 2. The third-order valence-corrected chi connectivity index (χ3v) is 4.44. The van der Waals surface area contributed by atoms with Gasteiger partial charge in [0.2, 0.25) is 0 Å². The van der Waals surface area contributed by atoms with Crippen LogP contribution in [0.15, 0.2) is 65.6 Å². The highest BCUT2D eigenvalue weighted by molar-refractivity contribution is 6.41. The fourth-order valence-electron chi connectivity index (χ4n) is 2.32. The van der Waals surface area contributed by atoms with Crippen molar-refractivity contribution < 1.29 is 9.53 Å². The topological polar surface area (TPSA) is 61.2 Å². The van der Waals surface area contributed by atoms with E-state index in [-0.39, 0.29) is 10.0 Å². The molecule has 26 heavy (non-hydrogen) atoms. The van der Waals surface area contributed by atoms with Gasteiger partial charge in [0.25, 0.3) is 5.56 Å². The molecule has 1 heterocycles. The first-order valence-electron chi connectivity index (χ1n) is 7.81. The van der Waals surface area contributed by atoms with E-state index in [1.165, 1.54) is 6.20 Å². The van der Waals surface area contributed by atoms with Gasteiger partial charge in [-0.2, -0.15) is 9.78 Å². The van der Waals surface area contributed by atoms with Crippen LogP contribution in [0.3, 0.4) is 0 Å². The minimum absolute atomic E-state index is 0.0894. The Balaban J connectivity index is 1.66. The number of halogens is 2. The zero-order valence-corrected chi connectivity index (χ0v) is 15.1. The Bertz CT molecular complexity index is 970. The van der Waals surface area contributed by atoms with Crippen LogP contribution in [0.4, 0.5) is 0 Å². The van der Waals surface area contributed by atoms with E-state index in [9.17, 15) is 9.59 Å². The molecule has 3 rings (SSSR count). The highest BCUT2D eigenvalue weighted by atomic mass is 35.5. The van der Waals surface area contributed by atoms with Crippen molar-refractivity contribution in [3.05, 3.63) is 92.3 Å². The summed E-state index contributed by atoms with van der Waals surface area (Å²) in [6, 6.07) is 16.1. The standard InChI is InChI=1S/C19H14Cl2N2O3/c20-16-12-22-23(18(24)17(16)21)15-8-6-14(7-9-15)19(25)26-11-10-13-4-2-1-3-5-13/h1-9,12H,10-11H2. The Kier molecular flexibility index (Phi) is 5.71. The minimum Gasteiger partial charge on any atom is -0.462 e. The molecule has 0 N–H and O–H groups in total. The third-order valence-electron chi connectivity index (χ3n) is 3.69. The molecule has 0 spiro atoms. The molecule has 0 unspecified atom stereocenters. The highest BCUT2D eigenvalue weighted by Gasteiger charge is 2.11. The number of rotatable bonds is 5. The fraction of sp³-hybridized carbons (Fsp3) is 0.105. The van der Waals surface area contributed by atoms with Gasteiger partial charge in [-0.1, -0.05) is 53.5 Å². The van der Waals surface area contributed by atoms with Crippen molar-refractivity contribution in [2.75, 3.05) is 6.61 Å². The lowest BCUT2D eigenvalue weighted by Gasteiger charge is -2.07. The first-order valence-corrected chi connectivity index (χ1v) is 8.56. The van der Waals surface area contributed by atoms with Crippen LogP contribution in [-0.2, 0) is 11.2 Å². The maximum atomic E-state index is 12.1. The van der Waals surface area contributed by atoms with Crippen LogP contribution >= 0.6 is 23.2 Å². The lowest BCUT2D eigenvalue weighted by molar-refractivity contribution is 0.0509. The minimum atomic E-state index is -0.530. The number of aromatic nitrogens is 2. The van der Waals surface area contributed by atoms with Gasteiger partial charge in [-0.25, -0.2) is 4.79 Å². The van der Waals surface area contributed by atoms with Crippen molar-refractivity contribution in [3.63, 3.8) is 0 Å². The monoisotopic (exact) mass is 388 g/mol. The summed E-state index contributed by atoms with van der Waals surface area (Å²) < 4.78 is 6.38. The largest absolute Gasteiger partial charge is 0.462 e. The molecule has 0 bridgehead atoms. The van der Waals surface area contributed by atoms with Crippen LogP contribution in [-0.4, -0.2) is 22.4 Å². The van der Waals surface area contributed by atoms with E-state index in [1.54, 1.807) is 24.3 Å². The van der Waals surface area contributed by atoms with Crippen molar-refractivity contribution in [3.8, 4) is 5.69 Å². The Labute approximate surface area is 159 Å². The van der Waals surface area contributed by atoms with Crippen molar-refractivity contribution in [2.45, 2.75) is 6.42 Å². The summed E-state index contributed by atoms with van der Waals surface area (Å²) in [4.78, 5) is 24.2. The van der Waals surface area contributed by atoms with Gasteiger partial charge in [0.15, 0.2) is 0 Å². The van der Waals surface area contributed by atoms with Gasteiger partial charge in [0.1, 0.15) is 5.02 Å². The van der Waals surface area contributed by atoms with Crippen LogP contribution in [0.1, 0.15) is 15.9 Å². The van der Waals surface area contributed by atoms with E-state index >= 15 is 0 Å². The molecule has 0 saturated carbocycles. The summed E-state index contributed by atoms with van der Waals surface area (Å²) in [5, 5.41) is 3.92. The molecule has 0 fully saturated rings. The molecule has 2 aromatic carbocycles. The predicted molar refractivity (Wildman–Crippen MR) is 100 cm³/mol. The zero-order chi connectivity index (χ0) is 18.5. The number of esters is 1. The van der Waals surface area contributed by atoms with Gasteiger partial charge in [0, 0.05) is 6.42 Å². The molecule has 0 aliphatic heterocycles. The second-order valence-corrected chi connectivity index (χ2v) is 6.23. The quantitative estimate of drug-likeness (QED) is 0.621. The number of hydrogen-bond acceptors (Lipinski definition) is 4. The predicted octanol–water partition coefficient (Wildman–Crippen LogP) is 3.94. The van der Waals surface area contributed by atoms with Gasteiger partial charge in [-0.05, 0) is 29.8 Å². The normalized spacial score (nSPS) is 10.5. The van der Waals surface area contributed by atoms with E-state index in [2.05, 4.69) is 5.10 Å². The van der Waals surface area contributed by atoms with Gasteiger partial charge in [0.05, 0.1) is 29.1 Å². The van der Waals surface area contributed by atoms with E-state index in [0.717, 1.165) is 10.2 Å². The maximum absolute atomic E-state index is 12.1. The number of carbonyl (C=O) groups excluding carboxylic acids is 1. The zero-order valence-electron chi connectivity index (χ0n) is 13.6. The van der Waals surface area contributed by atoms with Gasteiger partial charge < -0.3 is 4.74 Å². The first-order chi connectivity index (χ1) is 12.6. The van der Waals surface area contributed by atoms with Crippen molar-refractivity contribution in [2.24, 2.45) is 0 Å². The smallest absolute Gasteiger partial charge is 0.338 e. The average Bonchev–Trinajstić information content (AvgIpc) is 2.67. The van der Waals surface area contributed by atoms with Crippen LogP contribution < -0.4 is 5.56 Å². The number of ether oxygens (including phenoxy) is 1. The molecule has 5 nitrogen and oxygen atoms in total. The maximum Gasteiger partial charge on any atom is 0.338 e. The molecule has 0 atom stereocenters. The number of carbonyl (C=O) groups is 1. The van der Waals surface area contributed by atoms with Crippen LogP contribution in [0.25, 0.3) is 5.69 Å². The van der Waals surface area contributed by atoms with E-state index in [0.29, 0.717) is 24.3 Å². The average molecular weight is 389 g/mol. The Morgan fingerprint density at radius 3 is 2.42 bits per heavy atom. The number of nitrogens with zero attached hydrogens (tertiary/aromatic N) is 2. The molecule has 1 aromatic heterocycles. The molecule has 0 saturated heterocycles. The lowest BCUT2D eigenvalue weighted by Crippen LogP contribution is -2.21. The van der Waals surface area contributed by atoms with E-state index in [1.807, 2.05) is 30.3 Å². The molecular formula is C19H14Cl2N2O3. The summed E-state index contributed by atoms with van der Waals surface area (Å²) in [5.74, 6) is -0.429. The van der Waals surface area contributed by atoms with Crippen LogP contribution in [0.2, 0.25) is 10.0 Å². The van der Waals surface area contributed by atoms with Crippen molar-refractivity contribution in [1.82, 2.24) is 9.78 Å². The van der Waals surface area contributed by atoms with Crippen LogP contribution in [0.5, 0.6) is 0 Å². The van der Waals surface area contributed by atoms with E-state index < -0.39 is 11.5 Å². The summed E-state index contributed by atoms with van der Waals surface area (Å²) >= 11 is 11.6. The van der Waals surface area contributed by atoms with Crippen molar-refractivity contribution in [1.29, 1.82) is 0 Å². The lowest BCUT2D eigenvalue weighted by atomic mass is 10.2. The summed E-state index contributed by atoms with van der Waals surface area (Å²) in [7, 11) is 0. The van der Waals surface area contributed by atoms with Gasteiger partial charge in [-0.15, -0.1) is 0 Å². The molecule has 132 valence electrons. The Morgan fingerprint density at radius 2 is 1.73 bits per heavy atom. The second-order valence-electron chi connectivity index (χ2n) is 5.44. The van der Waals surface area contributed by atoms with Gasteiger partial charge >= 0.3 is 5.97 Å². The first kappa shape index (κ1) is 18.2. The fourth-order valence-corrected chi connectivity index (χ4v) is 2.58. The Hall–Kier alpha value is -2.63. The summed E-state index contributed by atoms with van der Waals surface area (Å²) in [6.07, 6.45) is 1.93. The molecule has 0 aliphatic rings. The molecule has 0 radical (unpaired) electrons. The second kappa shape index (κ2) is 8.17. The molecular weight excluding hydrogens is 375 g/mol. The summed E-state index contributed by atoms with van der Waals surface area (Å²) in [5.41, 5.74) is 1.42. The van der Waals surface area contributed by atoms with Crippen molar-refractivity contribution >= 4 is 29.2 Å². The SMILES string of the molecule is O=C(OCCc1ccccc1)c1ccc(-n2ncc(Cl)c(Cl)c2=O)cc1. The third kappa shape index (κ3) is 4.12. The van der Waals surface area contributed by atoms with Gasteiger partial charge in [-0.3, -0.25) is 4.79 Å². The molecule has 0 aliphatic carbocycles. The van der Waals surface area contributed by atoms with E-state index in [4.69, 9.17) is 27.9 Å². The summed E-state index contributed by atoms with van der Waals surface area (Å²) in [6.45, 7) is 0.290. The Morgan fingerprint density at radius 1 is 1.04 bits per heavy atom. The van der Waals surface area contributed by atoms with Crippen LogP contribution in [0, 0.1) is 0 Å². The molecule has 3 aromatic rings. The molecule has 0 amide bonds. The highest BCUT2D eigenvalue weighted by Crippen LogP contribution is 2.16. The number of hydrogen-bond donors (Lipinski definition) is 0.